The largest absolute Gasteiger partial charge is 0.395 e. The lowest BCUT2D eigenvalue weighted by Crippen LogP contribution is -2.43. The van der Waals surface area contributed by atoms with E-state index in [9.17, 15) is 13.5 Å². The van der Waals surface area contributed by atoms with E-state index >= 15 is 0 Å². The maximum Gasteiger partial charge on any atom is 0.216 e. The first-order chi connectivity index (χ1) is 8.11. The van der Waals surface area contributed by atoms with Gasteiger partial charge in [0.2, 0.25) is 10.0 Å². The van der Waals surface area contributed by atoms with Crippen molar-refractivity contribution in [1.29, 1.82) is 0 Å². The predicted molar refractivity (Wildman–Crippen MR) is 66.3 cm³/mol. The van der Waals surface area contributed by atoms with Gasteiger partial charge in [-0.1, -0.05) is 12.8 Å². The average Bonchev–Trinajstić information content (AvgIpc) is 2.54. The van der Waals surface area contributed by atoms with Crippen molar-refractivity contribution in [3.63, 3.8) is 0 Å². The van der Waals surface area contributed by atoms with Crippen molar-refractivity contribution in [2.24, 2.45) is 0 Å². The molecule has 0 bridgehead atoms. The summed E-state index contributed by atoms with van der Waals surface area (Å²) in [4.78, 5) is 0. The van der Waals surface area contributed by atoms with Gasteiger partial charge in [0.25, 0.3) is 0 Å². The van der Waals surface area contributed by atoms with Gasteiger partial charge in [0.1, 0.15) is 0 Å². The summed E-state index contributed by atoms with van der Waals surface area (Å²) in [5.41, 5.74) is 0. The van der Waals surface area contributed by atoms with Gasteiger partial charge in [-0.05, 0) is 19.8 Å². The number of nitrogens with zero attached hydrogens (tertiary/aromatic N) is 1. The third-order valence-corrected chi connectivity index (χ3v) is 4.96. The summed E-state index contributed by atoms with van der Waals surface area (Å²) in [5.74, 6) is 0.0112. The highest BCUT2D eigenvalue weighted by Gasteiger charge is 2.30. The van der Waals surface area contributed by atoms with Crippen LogP contribution in [0.5, 0.6) is 0 Å². The lowest BCUT2D eigenvalue weighted by Gasteiger charge is -2.27. The molecule has 102 valence electrons. The first-order valence-electron chi connectivity index (χ1n) is 6.30. The third-order valence-electron chi connectivity index (χ3n) is 3.08. The van der Waals surface area contributed by atoms with E-state index in [0.717, 1.165) is 25.7 Å². The van der Waals surface area contributed by atoms with Crippen LogP contribution in [0.3, 0.4) is 0 Å². The molecule has 0 aromatic carbocycles. The highest BCUT2D eigenvalue weighted by atomic mass is 32.2. The second-order valence-corrected chi connectivity index (χ2v) is 6.35. The number of rotatable bonds is 6. The molecule has 6 heteroatoms. The van der Waals surface area contributed by atoms with Crippen LogP contribution >= 0.6 is 0 Å². The first-order valence-corrected chi connectivity index (χ1v) is 7.91. The zero-order valence-corrected chi connectivity index (χ0v) is 11.3. The number of hydrogen-bond acceptors (Lipinski definition) is 4. The Morgan fingerprint density at radius 3 is 2.76 bits per heavy atom. The maximum absolute atomic E-state index is 12.1. The molecule has 0 amide bonds. The minimum Gasteiger partial charge on any atom is -0.395 e. The van der Waals surface area contributed by atoms with Crippen LogP contribution in [0, 0.1) is 0 Å². The summed E-state index contributed by atoms with van der Waals surface area (Å²) >= 11 is 0. The lowest BCUT2D eigenvalue weighted by atomic mass is 10.1. The Labute approximate surface area is 104 Å². The van der Waals surface area contributed by atoms with Crippen LogP contribution in [0.2, 0.25) is 0 Å². The zero-order chi connectivity index (χ0) is 12.7. The number of aliphatic hydroxyl groups excluding tert-OH is 1. The second-order valence-electron chi connectivity index (χ2n) is 4.31. The van der Waals surface area contributed by atoms with Crippen molar-refractivity contribution >= 4 is 10.0 Å². The number of hydrogen-bond donors (Lipinski definition) is 1. The molecule has 1 rings (SSSR count). The summed E-state index contributed by atoms with van der Waals surface area (Å²) in [6, 6.07) is -0.246. The molecule has 0 spiro atoms. The Morgan fingerprint density at radius 1 is 1.35 bits per heavy atom. The molecule has 0 aliphatic carbocycles. The van der Waals surface area contributed by atoms with E-state index in [1.807, 2.05) is 6.92 Å². The van der Waals surface area contributed by atoms with E-state index in [4.69, 9.17) is 4.74 Å². The van der Waals surface area contributed by atoms with Crippen LogP contribution in [-0.4, -0.2) is 56.0 Å². The Kier molecular flexibility index (Phi) is 6.40. The van der Waals surface area contributed by atoms with E-state index in [1.54, 1.807) is 0 Å². The Balaban J connectivity index is 2.64. The summed E-state index contributed by atoms with van der Waals surface area (Å²) in [5, 5.41) is 9.28. The smallest absolute Gasteiger partial charge is 0.216 e. The third kappa shape index (κ3) is 4.54. The van der Waals surface area contributed by atoms with Gasteiger partial charge in [0.05, 0.1) is 19.0 Å². The van der Waals surface area contributed by atoms with Gasteiger partial charge in [-0.15, -0.1) is 0 Å². The van der Waals surface area contributed by atoms with Gasteiger partial charge in [-0.3, -0.25) is 0 Å². The van der Waals surface area contributed by atoms with Crippen LogP contribution in [-0.2, 0) is 14.8 Å². The van der Waals surface area contributed by atoms with Crippen molar-refractivity contribution < 1.29 is 18.3 Å². The van der Waals surface area contributed by atoms with E-state index < -0.39 is 10.0 Å². The summed E-state index contributed by atoms with van der Waals surface area (Å²) in [6.07, 6.45) is 3.66. The van der Waals surface area contributed by atoms with E-state index in [0.29, 0.717) is 13.2 Å². The molecule has 0 radical (unpaired) electrons. The van der Waals surface area contributed by atoms with Gasteiger partial charge in [0, 0.05) is 19.2 Å². The topological polar surface area (TPSA) is 66.8 Å². The van der Waals surface area contributed by atoms with Crippen LogP contribution in [0.15, 0.2) is 0 Å². The summed E-state index contributed by atoms with van der Waals surface area (Å²) in [6.45, 7) is 3.04. The number of aliphatic hydroxyl groups is 1. The van der Waals surface area contributed by atoms with Gasteiger partial charge in [-0.25, -0.2) is 8.42 Å². The van der Waals surface area contributed by atoms with Crippen LogP contribution in [0.25, 0.3) is 0 Å². The van der Waals surface area contributed by atoms with Crippen molar-refractivity contribution in [2.45, 2.75) is 38.6 Å². The van der Waals surface area contributed by atoms with Gasteiger partial charge < -0.3 is 9.84 Å². The molecule has 1 aliphatic heterocycles. The molecular formula is C11H23NO4S. The molecule has 0 saturated carbocycles. The van der Waals surface area contributed by atoms with Crippen LogP contribution < -0.4 is 0 Å². The first kappa shape index (κ1) is 14.9. The van der Waals surface area contributed by atoms with Crippen molar-refractivity contribution in [3.05, 3.63) is 0 Å². The normalized spacial score (nSPS) is 23.5. The van der Waals surface area contributed by atoms with Crippen LogP contribution in [0.4, 0.5) is 0 Å². The molecule has 1 atom stereocenters. The van der Waals surface area contributed by atoms with E-state index in [1.165, 1.54) is 4.31 Å². The van der Waals surface area contributed by atoms with E-state index in [2.05, 4.69) is 0 Å². The highest BCUT2D eigenvalue weighted by molar-refractivity contribution is 7.89. The molecule has 1 fully saturated rings. The fourth-order valence-electron chi connectivity index (χ4n) is 2.13. The standard InChI is InChI=1S/C11H23NO4S/c1-2-16-8-9-17(14,15)12-7-5-3-4-6-11(12)10-13/h11,13H,2-10H2,1H3. The molecular weight excluding hydrogens is 242 g/mol. The molecule has 5 nitrogen and oxygen atoms in total. The predicted octanol–water partition coefficient (Wildman–Crippen LogP) is 0.590. The Bertz CT molecular complexity index is 305. The van der Waals surface area contributed by atoms with Crippen molar-refractivity contribution in [1.82, 2.24) is 4.31 Å². The van der Waals surface area contributed by atoms with Gasteiger partial charge >= 0.3 is 0 Å². The number of sulfonamides is 1. The van der Waals surface area contributed by atoms with E-state index in [-0.39, 0.29) is 25.0 Å². The lowest BCUT2D eigenvalue weighted by molar-refractivity contribution is 0.158. The monoisotopic (exact) mass is 265 g/mol. The van der Waals surface area contributed by atoms with Crippen LogP contribution in [0.1, 0.15) is 32.6 Å². The maximum atomic E-state index is 12.1. The van der Waals surface area contributed by atoms with Crippen molar-refractivity contribution in [2.75, 3.05) is 32.1 Å². The second kappa shape index (κ2) is 7.31. The highest BCUT2D eigenvalue weighted by Crippen LogP contribution is 2.20. The zero-order valence-electron chi connectivity index (χ0n) is 10.5. The molecule has 1 saturated heterocycles. The minimum absolute atomic E-state index is 0.0112. The molecule has 1 aliphatic rings. The fraction of sp³-hybridized carbons (Fsp3) is 1.00. The minimum atomic E-state index is -3.29. The van der Waals surface area contributed by atoms with Gasteiger partial charge in [-0.2, -0.15) is 4.31 Å². The molecule has 1 N–H and O–H groups in total. The number of ether oxygens (including phenoxy) is 1. The molecule has 0 aromatic rings. The molecule has 17 heavy (non-hydrogen) atoms. The average molecular weight is 265 g/mol. The van der Waals surface area contributed by atoms with Gasteiger partial charge in [0.15, 0.2) is 0 Å². The summed E-state index contributed by atoms with van der Waals surface area (Å²) < 4.78 is 30.8. The fourth-order valence-corrected chi connectivity index (χ4v) is 3.72. The quantitative estimate of drug-likeness (QED) is 0.714. The summed E-state index contributed by atoms with van der Waals surface area (Å²) in [7, 11) is -3.29. The molecule has 0 aromatic heterocycles. The SMILES string of the molecule is CCOCCS(=O)(=O)N1CCCCCC1CO. The Morgan fingerprint density at radius 2 is 2.12 bits per heavy atom. The molecule has 1 heterocycles. The molecule has 1 unspecified atom stereocenters. The Hall–Kier alpha value is -0.170. The van der Waals surface area contributed by atoms with Crippen molar-refractivity contribution in [3.8, 4) is 0 Å².